The molecule has 0 saturated heterocycles. The first-order chi connectivity index (χ1) is 5.20. The number of hydrogen-bond donors (Lipinski definition) is 2. The summed E-state index contributed by atoms with van der Waals surface area (Å²) in [4.78, 5) is 10.6. The van der Waals surface area contributed by atoms with Crippen LogP contribution in [-0.2, 0) is 9.47 Å². The Morgan fingerprint density at radius 3 is 2.82 bits per heavy atom. The zero-order chi connectivity index (χ0) is 8.69. The topological polar surface area (TPSA) is 67.8 Å². The maximum atomic E-state index is 10.6. The van der Waals surface area contributed by atoms with Crippen LogP contribution in [0.1, 0.15) is 6.92 Å². The Balaban J connectivity index is 3.30. The number of rotatable bonds is 4. The third-order valence-corrected chi connectivity index (χ3v) is 0.969. The molecule has 2 N–H and O–H groups in total. The molecule has 0 aliphatic heterocycles. The predicted octanol–water partition coefficient (Wildman–Crippen LogP) is -0.303. The number of aliphatic hydroxyl groups is 1. The van der Waals surface area contributed by atoms with Crippen LogP contribution in [0.15, 0.2) is 0 Å². The van der Waals surface area contributed by atoms with Crippen molar-refractivity contribution >= 4 is 6.09 Å². The molecule has 66 valence electrons. The minimum absolute atomic E-state index is 0.0370. The zero-order valence-electron chi connectivity index (χ0n) is 6.66. The number of ether oxygens (including phenoxy) is 2. The van der Waals surface area contributed by atoms with Gasteiger partial charge in [-0.05, 0) is 6.92 Å². The second-order valence-electron chi connectivity index (χ2n) is 1.79. The number of nitrogens with one attached hydrogen (secondary N) is 1. The van der Waals surface area contributed by atoms with E-state index in [1.165, 1.54) is 7.11 Å². The molecule has 0 spiro atoms. The molecule has 11 heavy (non-hydrogen) atoms. The van der Waals surface area contributed by atoms with Gasteiger partial charge in [0.15, 0.2) is 6.29 Å². The Labute approximate surface area is 65.3 Å². The number of amides is 1. The van der Waals surface area contributed by atoms with Crippen molar-refractivity contribution in [2.24, 2.45) is 0 Å². The normalized spacial score (nSPS) is 12.3. The fourth-order valence-corrected chi connectivity index (χ4v) is 0.436. The largest absolute Gasteiger partial charge is 0.450 e. The van der Waals surface area contributed by atoms with Crippen LogP contribution >= 0.6 is 0 Å². The molecule has 1 amide bonds. The lowest BCUT2D eigenvalue weighted by atomic mass is 10.6. The number of hydrogen-bond acceptors (Lipinski definition) is 4. The van der Waals surface area contributed by atoms with Gasteiger partial charge < -0.3 is 19.9 Å². The van der Waals surface area contributed by atoms with E-state index in [0.717, 1.165) is 0 Å². The van der Waals surface area contributed by atoms with E-state index in [4.69, 9.17) is 5.11 Å². The summed E-state index contributed by atoms with van der Waals surface area (Å²) < 4.78 is 8.98. The first-order valence-corrected chi connectivity index (χ1v) is 3.32. The van der Waals surface area contributed by atoms with Crippen LogP contribution in [0.3, 0.4) is 0 Å². The maximum Gasteiger partial charge on any atom is 0.407 e. The molecule has 5 nitrogen and oxygen atoms in total. The van der Waals surface area contributed by atoms with E-state index in [1.807, 2.05) is 0 Å². The molecule has 0 radical (unpaired) electrons. The van der Waals surface area contributed by atoms with Crippen molar-refractivity contribution < 1.29 is 19.4 Å². The van der Waals surface area contributed by atoms with Gasteiger partial charge in [-0.25, -0.2) is 4.79 Å². The maximum absolute atomic E-state index is 10.6. The standard InChI is InChI=1S/C6H13NO4/c1-3-11-6(9)7-4-5(8)10-2/h5,8H,3-4H2,1-2H3,(H,7,9). The first kappa shape index (κ1) is 10.2. The van der Waals surface area contributed by atoms with E-state index in [2.05, 4.69) is 14.8 Å². The van der Waals surface area contributed by atoms with Gasteiger partial charge in [-0.1, -0.05) is 0 Å². The number of carbonyl (C=O) groups excluding carboxylic acids is 1. The highest BCUT2D eigenvalue weighted by Gasteiger charge is 2.04. The van der Waals surface area contributed by atoms with E-state index in [-0.39, 0.29) is 6.54 Å². The monoisotopic (exact) mass is 163 g/mol. The Morgan fingerprint density at radius 2 is 2.36 bits per heavy atom. The molecule has 0 aromatic heterocycles. The van der Waals surface area contributed by atoms with Gasteiger partial charge in [0.25, 0.3) is 0 Å². The van der Waals surface area contributed by atoms with Crippen LogP contribution in [0.4, 0.5) is 4.79 Å². The predicted molar refractivity (Wildman–Crippen MR) is 38.0 cm³/mol. The van der Waals surface area contributed by atoms with Crippen molar-refractivity contribution in [1.29, 1.82) is 0 Å². The molecule has 1 unspecified atom stereocenters. The highest BCUT2D eigenvalue weighted by atomic mass is 16.6. The molecular weight excluding hydrogens is 150 g/mol. The fourth-order valence-electron chi connectivity index (χ4n) is 0.436. The Hall–Kier alpha value is -0.810. The molecule has 0 rings (SSSR count). The van der Waals surface area contributed by atoms with Gasteiger partial charge in [0, 0.05) is 7.11 Å². The van der Waals surface area contributed by atoms with Gasteiger partial charge in [-0.2, -0.15) is 0 Å². The molecule has 1 atom stereocenters. The van der Waals surface area contributed by atoms with Crippen LogP contribution in [0.5, 0.6) is 0 Å². The van der Waals surface area contributed by atoms with Crippen LogP contribution in [0.2, 0.25) is 0 Å². The highest BCUT2D eigenvalue weighted by molar-refractivity contribution is 5.66. The summed E-state index contributed by atoms with van der Waals surface area (Å²) >= 11 is 0. The minimum atomic E-state index is -0.973. The molecule has 0 aliphatic carbocycles. The smallest absolute Gasteiger partial charge is 0.407 e. The van der Waals surface area contributed by atoms with E-state index >= 15 is 0 Å². The van der Waals surface area contributed by atoms with Gasteiger partial charge in [-0.15, -0.1) is 0 Å². The molecular formula is C6H13NO4. The summed E-state index contributed by atoms with van der Waals surface area (Å²) in [6.07, 6.45) is -1.52. The van der Waals surface area contributed by atoms with E-state index in [0.29, 0.717) is 6.61 Å². The summed E-state index contributed by atoms with van der Waals surface area (Å²) in [5.41, 5.74) is 0. The number of carbonyl (C=O) groups is 1. The van der Waals surface area contributed by atoms with Gasteiger partial charge in [0.1, 0.15) is 0 Å². The van der Waals surface area contributed by atoms with E-state index in [1.54, 1.807) is 6.92 Å². The summed E-state index contributed by atoms with van der Waals surface area (Å²) in [7, 11) is 1.34. The molecule has 0 bridgehead atoms. The van der Waals surface area contributed by atoms with Crippen molar-refractivity contribution in [1.82, 2.24) is 5.32 Å². The lowest BCUT2D eigenvalue weighted by Crippen LogP contribution is -2.33. The zero-order valence-corrected chi connectivity index (χ0v) is 6.66. The highest BCUT2D eigenvalue weighted by Crippen LogP contribution is 1.81. The van der Waals surface area contributed by atoms with Crippen LogP contribution in [-0.4, -0.2) is 37.8 Å². The van der Waals surface area contributed by atoms with Crippen LogP contribution < -0.4 is 5.32 Å². The van der Waals surface area contributed by atoms with Gasteiger partial charge in [0.2, 0.25) is 0 Å². The quantitative estimate of drug-likeness (QED) is 0.558. The van der Waals surface area contributed by atoms with Crippen LogP contribution in [0, 0.1) is 0 Å². The number of alkyl carbamates (subject to hydrolysis) is 1. The number of methoxy groups -OCH3 is 1. The van der Waals surface area contributed by atoms with Crippen LogP contribution in [0.25, 0.3) is 0 Å². The summed E-state index contributed by atoms with van der Waals surface area (Å²) in [5.74, 6) is 0. The van der Waals surface area contributed by atoms with Gasteiger partial charge >= 0.3 is 6.09 Å². The Bertz CT molecular complexity index is 117. The Kier molecular flexibility index (Phi) is 5.50. The molecule has 0 heterocycles. The first-order valence-electron chi connectivity index (χ1n) is 3.32. The second-order valence-corrected chi connectivity index (χ2v) is 1.79. The minimum Gasteiger partial charge on any atom is -0.450 e. The third-order valence-electron chi connectivity index (χ3n) is 0.969. The average Bonchev–Trinajstić information content (AvgIpc) is 2.01. The fraction of sp³-hybridized carbons (Fsp3) is 0.833. The van der Waals surface area contributed by atoms with Crippen molar-refractivity contribution in [2.75, 3.05) is 20.3 Å². The second kappa shape index (κ2) is 5.94. The van der Waals surface area contributed by atoms with E-state index < -0.39 is 12.4 Å². The lowest BCUT2D eigenvalue weighted by Gasteiger charge is -2.08. The summed E-state index contributed by atoms with van der Waals surface area (Å²) in [5, 5.41) is 11.1. The molecule has 5 heteroatoms. The molecule has 0 aromatic carbocycles. The van der Waals surface area contributed by atoms with Crippen molar-refractivity contribution in [3.63, 3.8) is 0 Å². The van der Waals surface area contributed by atoms with Gasteiger partial charge in [-0.3, -0.25) is 0 Å². The average molecular weight is 163 g/mol. The summed E-state index contributed by atoms with van der Waals surface area (Å²) in [6, 6.07) is 0. The lowest BCUT2D eigenvalue weighted by molar-refractivity contribution is -0.0701. The number of aliphatic hydroxyl groups excluding tert-OH is 1. The molecule has 0 aliphatic rings. The van der Waals surface area contributed by atoms with Crippen molar-refractivity contribution in [3.05, 3.63) is 0 Å². The Morgan fingerprint density at radius 1 is 1.73 bits per heavy atom. The summed E-state index contributed by atoms with van der Waals surface area (Å²) in [6.45, 7) is 2.05. The molecule has 0 fully saturated rings. The van der Waals surface area contributed by atoms with Gasteiger partial charge in [0.05, 0.1) is 13.2 Å². The molecule has 0 aromatic rings. The van der Waals surface area contributed by atoms with Crippen molar-refractivity contribution in [2.45, 2.75) is 13.2 Å². The molecule has 0 saturated carbocycles. The third kappa shape index (κ3) is 5.63. The van der Waals surface area contributed by atoms with E-state index in [9.17, 15) is 4.79 Å². The van der Waals surface area contributed by atoms with Crippen molar-refractivity contribution in [3.8, 4) is 0 Å². The SMILES string of the molecule is CCOC(=O)NCC(O)OC.